The summed E-state index contributed by atoms with van der Waals surface area (Å²) in [7, 11) is -1.99. The first kappa shape index (κ1) is 25.4. The number of carbonyl (C=O) groups excluding carboxylic acids is 1. The van der Waals surface area contributed by atoms with Crippen molar-refractivity contribution in [3.8, 4) is 11.5 Å². The van der Waals surface area contributed by atoms with Crippen LogP contribution in [0.25, 0.3) is 0 Å². The number of likely N-dealkylation sites (N-methyl/N-ethyl adjacent to an activating group) is 1. The molecule has 7 nitrogen and oxygen atoms in total. The Morgan fingerprint density at radius 3 is 2.52 bits per heavy atom. The second-order valence-electron chi connectivity index (χ2n) is 6.14. The lowest BCUT2D eigenvalue weighted by Gasteiger charge is -2.25. The first-order valence-corrected chi connectivity index (χ1v) is 12.1. The van der Waals surface area contributed by atoms with Gasteiger partial charge in [0.2, 0.25) is 15.9 Å². The molecule has 1 N–H and O–H groups in total. The zero-order chi connectivity index (χ0) is 22.0. The minimum absolute atomic E-state index is 0.0897. The van der Waals surface area contributed by atoms with Crippen molar-refractivity contribution >= 4 is 27.7 Å². The molecular formula is C18H28F2N2O5S2. The number of nitrogens with one attached hydrogen (secondary N) is 1. The van der Waals surface area contributed by atoms with Gasteiger partial charge in [0.15, 0.2) is 11.5 Å². The molecule has 0 heterocycles. The number of hydrogen-bond acceptors (Lipinski definition) is 6. The number of amides is 1. The maximum absolute atomic E-state index is 12.8. The van der Waals surface area contributed by atoms with Crippen molar-refractivity contribution in [3.05, 3.63) is 23.8 Å². The highest BCUT2D eigenvalue weighted by Crippen LogP contribution is 2.30. The molecule has 1 unspecified atom stereocenters. The molecule has 0 fully saturated rings. The van der Waals surface area contributed by atoms with Crippen LogP contribution in [0.15, 0.2) is 18.2 Å². The highest BCUT2D eigenvalue weighted by atomic mass is 32.2. The van der Waals surface area contributed by atoms with Crippen molar-refractivity contribution in [2.45, 2.75) is 39.5 Å². The summed E-state index contributed by atoms with van der Waals surface area (Å²) in [6.07, 6.45) is 2.23. The molecule has 0 aliphatic heterocycles. The molecule has 11 heteroatoms. The van der Waals surface area contributed by atoms with Crippen molar-refractivity contribution in [3.63, 3.8) is 0 Å². The van der Waals surface area contributed by atoms with E-state index in [0.29, 0.717) is 17.7 Å². The van der Waals surface area contributed by atoms with Gasteiger partial charge in [-0.2, -0.15) is 20.5 Å². The fourth-order valence-electron chi connectivity index (χ4n) is 2.50. The smallest absolute Gasteiger partial charge is 0.387 e. The Kier molecular flexibility index (Phi) is 10.7. The SMILES string of the molecule is CCOc1cc(CN(C)C(=O)C(CCSC)NS(=O)(=O)CC)ccc1OC(F)F. The van der Waals surface area contributed by atoms with Crippen LogP contribution in [0, 0.1) is 0 Å². The highest BCUT2D eigenvalue weighted by molar-refractivity contribution is 7.98. The van der Waals surface area contributed by atoms with Crippen LogP contribution in [0.3, 0.4) is 0 Å². The van der Waals surface area contributed by atoms with Gasteiger partial charge in [0.05, 0.1) is 12.4 Å². The van der Waals surface area contributed by atoms with Crippen LogP contribution in [0.5, 0.6) is 11.5 Å². The fraction of sp³-hybridized carbons (Fsp3) is 0.611. The number of alkyl halides is 2. The Bertz CT molecular complexity index is 763. The minimum Gasteiger partial charge on any atom is -0.490 e. The topological polar surface area (TPSA) is 84.9 Å². The van der Waals surface area contributed by atoms with Crippen molar-refractivity contribution < 1.29 is 31.5 Å². The number of carbonyl (C=O) groups is 1. The zero-order valence-corrected chi connectivity index (χ0v) is 18.6. The lowest BCUT2D eigenvalue weighted by Crippen LogP contribution is -2.47. The number of thioether (sulfide) groups is 1. The quantitative estimate of drug-likeness (QED) is 0.493. The Hall–Kier alpha value is -1.59. The molecule has 1 rings (SSSR count). The maximum atomic E-state index is 12.8. The van der Waals surface area contributed by atoms with Gasteiger partial charge in [-0.3, -0.25) is 4.79 Å². The van der Waals surface area contributed by atoms with Gasteiger partial charge in [0.25, 0.3) is 0 Å². The molecule has 1 aromatic rings. The van der Waals surface area contributed by atoms with E-state index in [1.807, 2.05) is 6.26 Å². The molecule has 29 heavy (non-hydrogen) atoms. The summed E-state index contributed by atoms with van der Waals surface area (Å²) in [4.78, 5) is 14.2. The number of nitrogens with zero attached hydrogens (tertiary/aromatic N) is 1. The summed E-state index contributed by atoms with van der Waals surface area (Å²) < 4.78 is 61.1. The Balaban J connectivity index is 2.96. The first-order chi connectivity index (χ1) is 13.6. The molecule has 0 radical (unpaired) electrons. The summed E-state index contributed by atoms with van der Waals surface area (Å²) in [6, 6.07) is 3.57. The predicted octanol–water partition coefficient (Wildman–Crippen LogP) is 2.71. The third kappa shape index (κ3) is 8.75. The normalized spacial score (nSPS) is 12.7. The monoisotopic (exact) mass is 454 g/mol. The van der Waals surface area contributed by atoms with Crippen LogP contribution < -0.4 is 14.2 Å². The minimum atomic E-state index is -3.55. The Labute approximate surface area is 175 Å². The largest absolute Gasteiger partial charge is 0.490 e. The van der Waals surface area contributed by atoms with E-state index in [2.05, 4.69) is 9.46 Å². The molecule has 0 aromatic heterocycles. The van der Waals surface area contributed by atoms with Crippen LogP contribution >= 0.6 is 11.8 Å². The summed E-state index contributed by atoms with van der Waals surface area (Å²) in [5, 5.41) is 0. The van der Waals surface area contributed by atoms with Crippen molar-refractivity contribution in [1.82, 2.24) is 9.62 Å². The number of hydrogen-bond donors (Lipinski definition) is 1. The highest BCUT2D eigenvalue weighted by Gasteiger charge is 2.26. The molecule has 0 saturated heterocycles. The number of ether oxygens (including phenoxy) is 2. The third-order valence-corrected chi connectivity index (χ3v) is 5.98. The average molecular weight is 455 g/mol. The number of sulfonamides is 1. The number of halogens is 2. The second-order valence-corrected chi connectivity index (χ2v) is 9.17. The van der Waals surface area contributed by atoms with Gasteiger partial charge >= 0.3 is 6.61 Å². The molecule has 1 amide bonds. The first-order valence-electron chi connectivity index (χ1n) is 9.07. The van der Waals surface area contributed by atoms with Crippen molar-refractivity contribution in [2.75, 3.05) is 31.4 Å². The molecule has 166 valence electrons. The molecule has 0 bridgehead atoms. The van der Waals surface area contributed by atoms with Crippen LogP contribution in [0.4, 0.5) is 8.78 Å². The molecule has 0 saturated carbocycles. The Morgan fingerprint density at radius 1 is 1.28 bits per heavy atom. The van der Waals surface area contributed by atoms with E-state index in [1.54, 1.807) is 20.0 Å². The summed E-state index contributed by atoms with van der Waals surface area (Å²) in [6.45, 7) is 0.642. The molecule has 1 aromatic carbocycles. The second kappa shape index (κ2) is 12.2. The molecule has 0 spiro atoms. The Morgan fingerprint density at radius 2 is 1.97 bits per heavy atom. The van der Waals surface area contributed by atoms with E-state index in [-0.39, 0.29) is 36.3 Å². The lowest BCUT2D eigenvalue weighted by atomic mass is 10.1. The molecule has 0 aliphatic carbocycles. The van der Waals surface area contributed by atoms with Gasteiger partial charge in [-0.15, -0.1) is 0 Å². The van der Waals surface area contributed by atoms with Gasteiger partial charge < -0.3 is 14.4 Å². The zero-order valence-electron chi connectivity index (χ0n) is 17.0. The van der Waals surface area contributed by atoms with E-state index in [1.165, 1.54) is 35.7 Å². The standard InChI is InChI=1S/C18H28F2N2O5S2/c1-5-26-16-11-13(7-8-15(16)27-18(19)20)12-22(3)17(23)14(9-10-28-4)21-29(24,25)6-2/h7-8,11,14,18,21H,5-6,9-10,12H2,1-4H3. The van der Waals surface area contributed by atoms with E-state index in [9.17, 15) is 22.0 Å². The van der Waals surface area contributed by atoms with E-state index in [0.717, 1.165) is 0 Å². The summed E-state index contributed by atoms with van der Waals surface area (Å²) in [5.41, 5.74) is 0.632. The van der Waals surface area contributed by atoms with Crippen molar-refractivity contribution in [2.24, 2.45) is 0 Å². The van der Waals surface area contributed by atoms with Gasteiger partial charge in [-0.25, -0.2) is 13.1 Å². The average Bonchev–Trinajstić information content (AvgIpc) is 2.66. The van der Waals surface area contributed by atoms with Gasteiger partial charge in [0.1, 0.15) is 6.04 Å². The molecular weight excluding hydrogens is 426 g/mol. The van der Waals surface area contributed by atoms with Gasteiger partial charge in [-0.1, -0.05) is 6.07 Å². The lowest BCUT2D eigenvalue weighted by molar-refractivity contribution is -0.132. The van der Waals surface area contributed by atoms with E-state index >= 15 is 0 Å². The predicted molar refractivity (Wildman–Crippen MR) is 110 cm³/mol. The van der Waals surface area contributed by atoms with Crippen LogP contribution in [0.1, 0.15) is 25.8 Å². The molecule has 0 aliphatic rings. The summed E-state index contributed by atoms with van der Waals surface area (Å²) >= 11 is 1.51. The van der Waals surface area contributed by atoms with Crippen molar-refractivity contribution in [1.29, 1.82) is 0 Å². The number of rotatable bonds is 13. The van der Waals surface area contributed by atoms with Crippen LogP contribution in [0.2, 0.25) is 0 Å². The maximum Gasteiger partial charge on any atom is 0.387 e. The van der Waals surface area contributed by atoms with Gasteiger partial charge in [0, 0.05) is 13.6 Å². The third-order valence-electron chi connectivity index (χ3n) is 3.93. The summed E-state index contributed by atoms with van der Waals surface area (Å²) in [5.74, 6) is 0.181. The van der Waals surface area contributed by atoms with Crippen LogP contribution in [-0.4, -0.2) is 63.3 Å². The van der Waals surface area contributed by atoms with Crippen LogP contribution in [-0.2, 0) is 21.4 Å². The number of benzene rings is 1. The fourth-order valence-corrected chi connectivity index (χ4v) is 3.79. The van der Waals surface area contributed by atoms with E-state index < -0.39 is 22.7 Å². The van der Waals surface area contributed by atoms with E-state index in [4.69, 9.17) is 4.74 Å². The van der Waals surface area contributed by atoms with Gasteiger partial charge in [-0.05, 0) is 50.0 Å². The molecule has 1 atom stereocenters.